The van der Waals surface area contributed by atoms with Crippen molar-refractivity contribution in [3.05, 3.63) is 35.4 Å². The molecule has 1 aromatic rings. The zero-order chi connectivity index (χ0) is 15.5. The van der Waals surface area contributed by atoms with Crippen LogP contribution in [0.25, 0.3) is 0 Å². The van der Waals surface area contributed by atoms with E-state index in [1.807, 2.05) is 0 Å². The summed E-state index contributed by atoms with van der Waals surface area (Å²) in [6.45, 7) is 5.89. The van der Waals surface area contributed by atoms with Crippen LogP contribution in [0.15, 0.2) is 18.2 Å². The van der Waals surface area contributed by atoms with E-state index in [2.05, 4.69) is 18.7 Å². The monoisotopic (exact) mass is 297 g/mol. The molecule has 4 heteroatoms. The van der Waals surface area contributed by atoms with E-state index in [0.717, 1.165) is 44.8 Å². The maximum atomic E-state index is 13.8. The quantitative estimate of drug-likeness (QED) is 0.868. The average molecular weight is 297 g/mol. The molecule has 118 valence electrons. The van der Waals surface area contributed by atoms with Crippen molar-refractivity contribution in [3.8, 4) is 0 Å². The summed E-state index contributed by atoms with van der Waals surface area (Å²) in [7, 11) is 0. The molecule has 0 radical (unpaired) electrons. The minimum Gasteiger partial charge on any atom is -0.391 e. The van der Waals surface area contributed by atoms with Gasteiger partial charge < -0.3 is 5.11 Å². The van der Waals surface area contributed by atoms with E-state index in [1.54, 1.807) is 6.07 Å². The number of rotatable bonds is 6. The molecule has 0 saturated heterocycles. The van der Waals surface area contributed by atoms with Gasteiger partial charge in [0.05, 0.1) is 6.10 Å². The second-order valence-corrected chi connectivity index (χ2v) is 5.92. The first-order valence-electron chi connectivity index (χ1n) is 7.91. The van der Waals surface area contributed by atoms with Gasteiger partial charge >= 0.3 is 0 Å². The van der Waals surface area contributed by atoms with Crippen LogP contribution in [0.5, 0.6) is 0 Å². The molecule has 1 aromatic carbocycles. The Labute approximate surface area is 125 Å². The largest absolute Gasteiger partial charge is 0.391 e. The first-order valence-corrected chi connectivity index (χ1v) is 7.91. The van der Waals surface area contributed by atoms with Crippen LogP contribution in [0.2, 0.25) is 0 Å². The normalized spacial score (nSPS) is 19.1. The molecule has 1 aliphatic rings. The van der Waals surface area contributed by atoms with E-state index in [0.29, 0.717) is 0 Å². The van der Waals surface area contributed by atoms with Crippen molar-refractivity contribution in [1.82, 2.24) is 4.90 Å². The van der Waals surface area contributed by atoms with E-state index < -0.39 is 17.7 Å². The summed E-state index contributed by atoms with van der Waals surface area (Å²) in [6.07, 6.45) is 3.51. The van der Waals surface area contributed by atoms with Crippen molar-refractivity contribution < 1.29 is 13.9 Å². The smallest absolute Gasteiger partial charge is 0.162 e. The highest BCUT2D eigenvalue weighted by molar-refractivity contribution is 5.21. The minimum absolute atomic E-state index is 0.167. The number of halogens is 2. The van der Waals surface area contributed by atoms with Crippen molar-refractivity contribution in [1.29, 1.82) is 0 Å². The standard InChI is InChI=1S/C17H25F2NO/c1-3-20(4-2)17(10-5-6-11-17)15(21)12-13-8-7-9-14(18)16(13)19/h7-9,15,21H,3-6,10-12H2,1-2H3. The van der Waals surface area contributed by atoms with E-state index in [4.69, 9.17) is 0 Å². The lowest BCUT2D eigenvalue weighted by Crippen LogP contribution is -2.55. The van der Waals surface area contributed by atoms with Gasteiger partial charge in [0.2, 0.25) is 0 Å². The van der Waals surface area contributed by atoms with E-state index in [-0.39, 0.29) is 17.5 Å². The Hall–Kier alpha value is -1.00. The fourth-order valence-corrected chi connectivity index (χ4v) is 3.81. The van der Waals surface area contributed by atoms with E-state index in [1.165, 1.54) is 6.07 Å². The van der Waals surface area contributed by atoms with Gasteiger partial charge in [-0.3, -0.25) is 4.90 Å². The lowest BCUT2D eigenvalue weighted by atomic mass is 9.84. The second-order valence-electron chi connectivity index (χ2n) is 5.92. The molecular weight excluding hydrogens is 272 g/mol. The number of hydrogen-bond donors (Lipinski definition) is 1. The van der Waals surface area contributed by atoms with Crippen molar-refractivity contribution in [2.75, 3.05) is 13.1 Å². The van der Waals surface area contributed by atoms with E-state index in [9.17, 15) is 13.9 Å². The molecule has 2 rings (SSSR count). The number of nitrogens with zero attached hydrogens (tertiary/aromatic N) is 1. The van der Waals surface area contributed by atoms with Gasteiger partial charge in [0, 0.05) is 12.0 Å². The molecule has 0 bridgehead atoms. The van der Waals surface area contributed by atoms with Crippen LogP contribution in [0.1, 0.15) is 45.1 Å². The van der Waals surface area contributed by atoms with Crippen LogP contribution in [-0.4, -0.2) is 34.7 Å². The van der Waals surface area contributed by atoms with Crippen LogP contribution in [-0.2, 0) is 6.42 Å². The van der Waals surface area contributed by atoms with Gasteiger partial charge in [-0.25, -0.2) is 8.78 Å². The van der Waals surface area contributed by atoms with Crippen LogP contribution in [0.4, 0.5) is 8.78 Å². The Kier molecular flexibility index (Phi) is 5.33. The molecule has 2 nitrogen and oxygen atoms in total. The number of hydrogen-bond acceptors (Lipinski definition) is 2. The van der Waals surface area contributed by atoms with Crippen LogP contribution >= 0.6 is 0 Å². The highest BCUT2D eigenvalue weighted by Crippen LogP contribution is 2.39. The maximum absolute atomic E-state index is 13.8. The number of aliphatic hydroxyl groups is 1. The zero-order valence-electron chi connectivity index (χ0n) is 12.9. The number of aliphatic hydroxyl groups excluding tert-OH is 1. The molecule has 0 spiro atoms. The van der Waals surface area contributed by atoms with Crippen LogP contribution < -0.4 is 0 Å². The first-order chi connectivity index (χ1) is 10.0. The Morgan fingerprint density at radius 2 is 1.81 bits per heavy atom. The predicted molar refractivity (Wildman–Crippen MR) is 80.2 cm³/mol. The summed E-state index contributed by atoms with van der Waals surface area (Å²) < 4.78 is 27.2. The van der Waals surface area contributed by atoms with Gasteiger partial charge in [-0.05, 0) is 37.6 Å². The van der Waals surface area contributed by atoms with Crippen molar-refractivity contribution in [2.45, 2.75) is 57.6 Å². The zero-order valence-corrected chi connectivity index (χ0v) is 12.9. The molecule has 1 fully saturated rings. The molecule has 0 heterocycles. The Morgan fingerprint density at radius 1 is 1.19 bits per heavy atom. The minimum atomic E-state index is -0.844. The molecule has 0 aromatic heterocycles. The average Bonchev–Trinajstić information content (AvgIpc) is 2.96. The fourth-order valence-electron chi connectivity index (χ4n) is 3.81. The van der Waals surface area contributed by atoms with Crippen molar-refractivity contribution in [2.24, 2.45) is 0 Å². The summed E-state index contributed by atoms with van der Waals surface area (Å²) in [5, 5.41) is 10.8. The highest BCUT2D eigenvalue weighted by atomic mass is 19.2. The third-order valence-electron chi connectivity index (χ3n) is 4.93. The molecule has 0 aliphatic heterocycles. The molecule has 21 heavy (non-hydrogen) atoms. The lowest BCUT2D eigenvalue weighted by molar-refractivity contribution is -0.0248. The predicted octanol–water partition coefficient (Wildman–Crippen LogP) is 3.52. The summed E-state index contributed by atoms with van der Waals surface area (Å²) in [5.41, 5.74) is -0.0247. The molecular formula is C17H25F2NO. The van der Waals surface area contributed by atoms with Gasteiger partial charge in [0.1, 0.15) is 0 Å². The van der Waals surface area contributed by atoms with Gasteiger partial charge in [-0.1, -0.05) is 38.8 Å². The number of likely N-dealkylation sites (N-methyl/N-ethyl adjacent to an activating group) is 1. The van der Waals surface area contributed by atoms with Crippen LogP contribution in [0.3, 0.4) is 0 Å². The number of benzene rings is 1. The molecule has 0 amide bonds. The SMILES string of the molecule is CCN(CC)C1(C(O)Cc2cccc(F)c2F)CCCC1. The van der Waals surface area contributed by atoms with Gasteiger partial charge in [0.15, 0.2) is 11.6 Å². The second kappa shape index (κ2) is 6.84. The third kappa shape index (κ3) is 3.11. The topological polar surface area (TPSA) is 23.5 Å². The fraction of sp³-hybridized carbons (Fsp3) is 0.647. The lowest BCUT2D eigenvalue weighted by Gasteiger charge is -2.44. The van der Waals surface area contributed by atoms with Gasteiger partial charge in [-0.15, -0.1) is 0 Å². The van der Waals surface area contributed by atoms with Gasteiger partial charge in [0.25, 0.3) is 0 Å². The molecule has 1 saturated carbocycles. The molecule has 1 atom stereocenters. The molecule has 1 N–H and O–H groups in total. The Bertz CT molecular complexity index is 468. The highest BCUT2D eigenvalue weighted by Gasteiger charge is 2.44. The Morgan fingerprint density at radius 3 is 2.38 bits per heavy atom. The maximum Gasteiger partial charge on any atom is 0.162 e. The first kappa shape index (κ1) is 16.4. The van der Waals surface area contributed by atoms with Gasteiger partial charge in [-0.2, -0.15) is 0 Å². The summed E-state index contributed by atoms with van der Waals surface area (Å²) in [5.74, 6) is -1.67. The Balaban J connectivity index is 2.23. The summed E-state index contributed by atoms with van der Waals surface area (Å²) in [4.78, 5) is 2.28. The molecule has 1 unspecified atom stereocenters. The summed E-state index contributed by atoms with van der Waals surface area (Å²) in [6, 6.07) is 4.17. The van der Waals surface area contributed by atoms with Crippen LogP contribution in [0, 0.1) is 11.6 Å². The molecule has 1 aliphatic carbocycles. The summed E-state index contributed by atoms with van der Waals surface area (Å²) >= 11 is 0. The van der Waals surface area contributed by atoms with E-state index >= 15 is 0 Å². The van der Waals surface area contributed by atoms with Crippen molar-refractivity contribution >= 4 is 0 Å². The third-order valence-corrected chi connectivity index (χ3v) is 4.93. The van der Waals surface area contributed by atoms with Crippen molar-refractivity contribution in [3.63, 3.8) is 0 Å².